The number of piperidine rings is 2. The maximum absolute atomic E-state index is 14.6. The van der Waals surface area contributed by atoms with Crippen LogP contribution in [0, 0.1) is 23.3 Å². The van der Waals surface area contributed by atoms with Crippen molar-refractivity contribution < 1.29 is 17.6 Å². The van der Waals surface area contributed by atoms with Crippen molar-refractivity contribution in [2.45, 2.75) is 44.7 Å². The molecule has 0 bridgehead atoms. The second-order valence-electron chi connectivity index (χ2n) is 9.43. The minimum Gasteiger partial charge on any atom is -0.365 e. The first-order chi connectivity index (χ1) is 17.5. The smallest absolute Gasteiger partial charge is 0.227 e. The summed E-state index contributed by atoms with van der Waals surface area (Å²) in [5, 5.41) is 2.94. The minimum atomic E-state index is -0.699. The largest absolute Gasteiger partial charge is 0.365 e. The van der Waals surface area contributed by atoms with Crippen LogP contribution in [0.2, 0.25) is 0 Å². The lowest BCUT2D eigenvalue weighted by atomic mass is 10.00. The van der Waals surface area contributed by atoms with Gasteiger partial charge >= 0.3 is 0 Å². The van der Waals surface area contributed by atoms with Crippen LogP contribution in [0.25, 0.3) is 11.1 Å². The zero-order valence-corrected chi connectivity index (χ0v) is 20.0. The van der Waals surface area contributed by atoms with Crippen molar-refractivity contribution in [1.29, 1.82) is 0 Å². The topological polar surface area (TPSA) is 44.3 Å². The van der Waals surface area contributed by atoms with Crippen LogP contribution in [0.5, 0.6) is 0 Å². The maximum atomic E-state index is 14.6. The van der Waals surface area contributed by atoms with Crippen molar-refractivity contribution in [2.75, 3.05) is 36.4 Å². The Morgan fingerprint density at radius 2 is 1.56 bits per heavy atom. The average molecular weight is 500 g/mol. The van der Waals surface area contributed by atoms with E-state index >= 15 is 0 Å². The number of nitrogens with one attached hydrogen (secondary N) is 1. The summed E-state index contributed by atoms with van der Waals surface area (Å²) in [6.07, 6.45) is 7.22. The van der Waals surface area contributed by atoms with Gasteiger partial charge in [-0.2, -0.15) is 4.98 Å². The summed E-state index contributed by atoms with van der Waals surface area (Å²) in [6, 6.07) is 7.30. The van der Waals surface area contributed by atoms with E-state index in [9.17, 15) is 17.6 Å². The minimum absolute atomic E-state index is 0.0261. The third kappa shape index (κ3) is 5.31. The Labute approximate surface area is 208 Å². The molecule has 1 N–H and O–H groups in total. The molecule has 5 nitrogen and oxygen atoms in total. The first-order valence-corrected chi connectivity index (χ1v) is 12.5. The zero-order valence-electron chi connectivity index (χ0n) is 20.0. The number of rotatable bonds is 6. The normalized spacial score (nSPS) is 17.4. The Balaban J connectivity index is 1.40. The van der Waals surface area contributed by atoms with Gasteiger partial charge in [0.1, 0.15) is 29.1 Å². The highest BCUT2D eigenvalue weighted by atomic mass is 19.1. The van der Waals surface area contributed by atoms with Gasteiger partial charge in [-0.3, -0.25) is 0 Å². The molecule has 190 valence electrons. The van der Waals surface area contributed by atoms with E-state index in [1.165, 1.54) is 43.7 Å². The predicted octanol–water partition coefficient (Wildman–Crippen LogP) is 5.77. The summed E-state index contributed by atoms with van der Waals surface area (Å²) in [5.74, 6) is -2.02. The standard InChI is InChI=1S/C27H29F4N5/c28-18-7-8-25(31)20(15-18)21-16-33-27(34-26(21)32-17-22-23(29)5-4-6-24(22)30)36-13-9-19(10-14-36)35-11-2-1-3-12-35/h4-8,15-16,19H,1-3,9-14,17H2,(H,32,33,34). The summed E-state index contributed by atoms with van der Waals surface area (Å²) in [6.45, 7) is 3.63. The summed E-state index contributed by atoms with van der Waals surface area (Å²) in [7, 11) is 0. The van der Waals surface area contributed by atoms with Crippen molar-refractivity contribution in [3.8, 4) is 11.1 Å². The number of hydrogen-bond acceptors (Lipinski definition) is 5. The lowest BCUT2D eigenvalue weighted by Crippen LogP contribution is -2.47. The molecule has 36 heavy (non-hydrogen) atoms. The maximum Gasteiger partial charge on any atom is 0.227 e. The molecule has 2 saturated heterocycles. The zero-order chi connectivity index (χ0) is 25.1. The van der Waals surface area contributed by atoms with Gasteiger partial charge < -0.3 is 15.1 Å². The molecule has 0 spiro atoms. The quantitative estimate of drug-likeness (QED) is 0.437. The van der Waals surface area contributed by atoms with Crippen LogP contribution < -0.4 is 10.2 Å². The molecular weight excluding hydrogens is 470 g/mol. The Hall–Kier alpha value is -3.20. The molecule has 9 heteroatoms. The monoisotopic (exact) mass is 499 g/mol. The van der Waals surface area contributed by atoms with Gasteiger partial charge in [-0.15, -0.1) is 0 Å². The molecule has 3 heterocycles. The van der Waals surface area contributed by atoms with E-state index in [1.54, 1.807) is 0 Å². The molecular formula is C27H29F4N5. The van der Waals surface area contributed by atoms with Gasteiger partial charge in [-0.1, -0.05) is 12.5 Å². The van der Waals surface area contributed by atoms with Crippen LogP contribution in [0.3, 0.4) is 0 Å². The van der Waals surface area contributed by atoms with Crippen molar-refractivity contribution in [2.24, 2.45) is 0 Å². The van der Waals surface area contributed by atoms with E-state index in [0.717, 1.165) is 57.2 Å². The number of anilines is 2. The van der Waals surface area contributed by atoms with Gasteiger partial charge in [0.25, 0.3) is 0 Å². The lowest BCUT2D eigenvalue weighted by Gasteiger charge is -2.40. The molecule has 1 aromatic heterocycles. The highest BCUT2D eigenvalue weighted by molar-refractivity contribution is 5.76. The van der Waals surface area contributed by atoms with E-state index in [-0.39, 0.29) is 29.1 Å². The highest BCUT2D eigenvalue weighted by Gasteiger charge is 2.27. The third-order valence-corrected chi connectivity index (χ3v) is 7.14. The van der Waals surface area contributed by atoms with Gasteiger partial charge in [0.05, 0.1) is 0 Å². The van der Waals surface area contributed by atoms with Gasteiger partial charge in [0.15, 0.2) is 0 Å². The van der Waals surface area contributed by atoms with Gasteiger partial charge in [0, 0.05) is 48.6 Å². The van der Waals surface area contributed by atoms with E-state index in [2.05, 4.69) is 25.1 Å². The molecule has 2 aliphatic heterocycles. The van der Waals surface area contributed by atoms with Crippen LogP contribution >= 0.6 is 0 Å². The Morgan fingerprint density at radius 1 is 0.833 bits per heavy atom. The number of hydrogen-bond donors (Lipinski definition) is 1. The van der Waals surface area contributed by atoms with E-state index in [4.69, 9.17) is 0 Å². The highest BCUT2D eigenvalue weighted by Crippen LogP contribution is 2.32. The number of likely N-dealkylation sites (tertiary alicyclic amines) is 1. The molecule has 0 saturated carbocycles. The van der Waals surface area contributed by atoms with E-state index < -0.39 is 23.3 Å². The molecule has 2 fully saturated rings. The fraction of sp³-hybridized carbons (Fsp3) is 0.407. The van der Waals surface area contributed by atoms with Crippen LogP contribution in [-0.2, 0) is 6.54 Å². The summed E-state index contributed by atoms with van der Waals surface area (Å²) >= 11 is 0. The van der Waals surface area contributed by atoms with Crippen LogP contribution in [-0.4, -0.2) is 47.1 Å². The Bertz CT molecular complexity index is 1190. The van der Waals surface area contributed by atoms with Crippen LogP contribution in [0.15, 0.2) is 42.6 Å². The van der Waals surface area contributed by atoms with Gasteiger partial charge in [-0.25, -0.2) is 22.5 Å². The first kappa shape index (κ1) is 24.5. The van der Waals surface area contributed by atoms with Crippen molar-refractivity contribution in [3.63, 3.8) is 0 Å². The fourth-order valence-corrected chi connectivity index (χ4v) is 5.15. The van der Waals surface area contributed by atoms with Crippen molar-refractivity contribution in [3.05, 3.63) is 71.4 Å². The summed E-state index contributed by atoms with van der Waals surface area (Å²) in [5.41, 5.74) is 0.0308. The van der Waals surface area contributed by atoms with Gasteiger partial charge in [0.2, 0.25) is 5.95 Å². The van der Waals surface area contributed by atoms with E-state index in [1.807, 2.05) is 0 Å². The van der Waals surface area contributed by atoms with Gasteiger partial charge in [-0.05, 0) is 69.1 Å². The summed E-state index contributed by atoms with van der Waals surface area (Å²) in [4.78, 5) is 13.7. The number of halogens is 4. The molecule has 0 unspecified atom stereocenters. The third-order valence-electron chi connectivity index (χ3n) is 7.14. The molecule has 5 rings (SSSR count). The number of benzene rings is 2. The summed E-state index contributed by atoms with van der Waals surface area (Å²) < 4.78 is 57.0. The van der Waals surface area contributed by atoms with Crippen LogP contribution in [0.1, 0.15) is 37.7 Å². The van der Waals surface area contributed by atoms with Crippen LogP contribution in [0.4, 0.5) is 29.3 Å². The average Bonchev–Trinajstić information content (AvgIpc) is 2.90. The SMILES string of the molecule is Fc1ccc(F)c(-c2cnc(N3CCC(N4CCCCC4)CC3)nc2NCc2c(F)cccc2F)c1. The van der Waals surface area contributed by atoms with E-state index in [0.29, 0.717) is 12.0 Å². The Kier molecular flexibility index (Phi) is 7.36. The fourth-order valence-electron chi connectivity index (χ4n) is 5.15. The van der Waals surface area contributed by atoms with Crippen molar-refractivity contribution in [1.82, 2.24) is 14.9 Å². The molecule has 0 atom stereocenters. The molecule has 3 aromatic rings. The Morgan fingerprint density at radius 3 is 2.28 bits per heavy atom. The van der Waals surface area contributed by atoms with Crippen molar-refractivity contribution >= 4 is 11.8 Å². The lowest BCUT2D eigenvalue weighted by molar-refractivity contribution is 0.141. The predicted molar refractivity (Wildman–Crippen MR) is 132 cm³/mol. The molecule has 0 radical (unpaired) electrons. The molecule has 2 aliphatic rings. The molecule has 0 amide bonds. The second kappa shape index (κ2) is 10.8. The molecule has 2 aromatic carbocycles. The second-order valence-corrected chi connectivity index (χ2v) is 9.43. The number of aromatic nitrogens is 2. The number of nitrogens with zero attached hydrogens (tertiary/aromatic N) is 4. The molecule has 0 aliphatic carbocycles. The first-order valence-electron chi connectivity index (χ1n) is 12.5.